The summed E-state index contributed by atoms with van der Waals surface area (Å²) in [7, 11) is 0. The van der Waals surface area contributed by atoms with Gasteiger partial charge in [-0.25, -0.2) is 9.97 Å². The molecule has 0 atom stereocenters. The molecule has 0 aromatic carbocycles. The number of rotatable bonds is 4. The predicted molar refractivity (Wildman–Crippen MR) is 57.3 cm³/mol. The van der Waals surface area contributed by atoms with Crippen LogP contribution in [-0.4, -0.2) is 34.4 Å². The summed E-state index contributed by atoms with van der Waals surface area (Å²) in [6.07, 6.45) is 1.70. The maximum Gasteiger partial charge on any atom is 0.162 e. The fourth-order valence-corrected chi connectivity index (χ4v) is 1.37. The van der Waals surface area contributed by atoms with Gasteiger partial charge in [0.25, 0.3) is 0 Å². The van der Waals surface area contributed by atoms with Crippen molar-refractivity contribution < 1.29 is 14.6 Å². The average Bonchev–Trinajstić information content (AvgIpc) is 2.23. The number of hydrogen-bond acceptors (Lipinski definition) is 5. The predicted octanol–water partition coefficient (Wildman–Crippen LogP) is 0.870. The summed E-state index contributed by atoms with van der Waals surface area (Å²) in [6.45, 7) is 5.08. The van der Waals surface area contributed by atoms with Crippen LogP contribution in [0.2, 0.25) is 0 Å². The van der Waals surface area contributed by atoms with Gasteiger partial charge in [0.1, 0.15) is 17.6 Å². The van der Waals surface area contributed by atoms with Crippen LogP contribution in [0.15, 0.2) is 6.20 Å². The molecule has 16 heavy (non-hydrogen) atoms. The Bertz CT molecular complexity index is 364. The molecule has 1 aromatic rings. The quantitative estimate of drug-likeness (QED) is 0.822. The molecule has 5 heteroatoms. The molecule has 1 aromatic heterocycles. The summed E-state index contributed by atoms with van der Waals surface area (Å²) in [5.74, 6) is 1.52. The molecule has 5 nitrogen and oxygen atoms in total. The van der Waals surface area contributed by atoms with Gasteiger partial charge in [0, 0.05) is 5.92 Å². The third-order valence-corrected chi connectivity index (χ3v) is 2.42. The van der Waals surface area contributed by atoms with Crippen molar-refractivity contribution >= 4 is 0 Å². The minimum atomic E-state index is -0.134. The SMILES string of the molecule is CC(C)c1ncc(OC2COC2)c(CO)n1. The second-order valence-electron chi connectivity index (χ2n) is 4.13. The summed E-state index contributed by atoms with van der Waals surface area (Å²) >= 11 is 0. The fraction of sp³-hybridized carbons (Fsp3) is 0.636. The Labute approximate surface area is 94.4 Å². The molecule has 0 bridgehead atoms. The Hall–Kier alpha value is -1.20. The first-order valence-electron chi connectivity index (χ1n) is 5.41. The molecule has 0 unspecified atom stereocenters. The molecule has 2 heterocycles. The normalized spacial score (nSPS) is 16.2. The van der Waals surface area contributed by atoms with Crippen molar-refractivity contribution in [3.63, 3.8) is 0 Å². The summed E-state index contributed by atoms with van der Waals surface area (Å²) in [5, 5.41) is 9.23. The first kappa shape index (κ1) is 11.3. The molecule has 0 saturated carbocycles. The van der Waals surface area contributed by atoms with Crippen molar-refractivity contribution in [2.24, 2.45) is 0 Å². The summed E-state index contributed by atoms with van der Waals surface area (Å²) in [6, 6.07) is 0. The van der Waals surface area contributed by atoms with E-state index in [1.165, 1.54) is 0 Å². The lowest BCUT2D eigenvalue weighted by Gasteiger charge is -2.27. The van der Waals surface area contributed by atoms with E-state index in [4.69, 9.17) is 9.47 Å². The highest BCUT2D eigenvalue weighted by Gasteiger charge is 2.22. The lowest BCUT2D eigenvalue weighted by Crippen LogP contribution is -2.38. The summed E-state index contributed by atoms with van der Waals surface area (Å²) in [5.41, 5.74) is 0.547. The molecular weight excluding hydrogens is 208 g/mol. The Balaban J connectivity index is 2.16. The lowest BCUT2D eigenvalue weighted by molar-refractivity contribution is -0.0805. The topological polar surface area (TPSA) is 64.5 Å². The van der Waals surface area contributed by atoms with Gasteiger partial charge < -0.3 is 14.6 Å². The van der Waals surface area contributed by atoms with Crippen LogP contribution < -0.4 is 4.74 Å². The largest absolute Gasteiger partial charge is 0.482 e. The molecule has 1 saturated heterocycles. The van der Waals surface area contributed by atoms with Gasteiger partial charge in [-0.05, 0) is 0 Å². The van der Waals surface area contributed by atoms with Crippen molar-refractivity contribution in [2.45, 2.75) is 32.5 Å². The van der Waals surface area contributed by atoms with Crippen LogP contribution in [0.3, 0.4) is 0 Å². The molecule has 88 valence electrons. The molecule has 1 N–H and O–H groups in total. The van der Waals surface area contributed by atoms with Crippen LogP contribution in [0.1, 0.15) is 31.3 Å². The number of hydrogen-bond donors (Lipinski definition) is 1. The van der Waals surface area contributed by atoms with Gasteiger partial charge in [-0.2, -0.15) is 0 Å². The molecule has 1 fully saturated rings. The second kappa shape index (κ2) is 4.76. The van der Waals surface area contributed by atoms with Gasteiger partial charge in [0.05, 0.1) is 26.0 Å². The number of aliphatic hydroxyl groups is 1. The van der Waals surface area contributed by atoms with Crippen molar-refractivity contribution in [1.29, 1.82) is 0 Å². The van der Waals surface area contributed by atoms with E-state index in [0.717, 1.165) is 5.82 Å². The number of aliphatic hydroxyl groups excluding tert-OH is 1. The monoisotopic (exact) mass is 224 g/mol. The Morgan fingerprint density at radius 2 is 2.31 bits per heavy atom. The van der Waals surface area contributed by atoms with E-state index in [1.807, 2.05) is 13.8 Å². The zero-order valence-corrected chi connectivity index (χ0v) is 9.51. The Morgan fingerprint density at radius 3 is 2.81 bits per heavy atom. The van der Waals surface area contributed by atoms with Crippen LogP contribution in [-0.2, 0) is 11.3 Å². The maximum atomic E-state index is 9.23. The molecule has 1 aliphatic rings. The number of ether oxygens (including phenoxy) is 2. The van der Waals surface area contributed by atoms with E-state index < -0.39 is 0 Å². The van der Waals surface area contributed by atoms with E-state index in [1.54, 1.807) is 6.20 Å². The van der Waals surface area contributed by atoms with Gasteiger partial charge in [0.15, 0.2) is 5.75 Å². The van der Waals surface area contributed by atoms with Gasteiger partial charge in [-0.3, -0.25) is 0 Å². The van der Waals surface area contributed by atoms with Crippen LogP contribution in [0.4, 0.5) is 0 Å². The van der Waals surface area contributed by atoms with E-state index >= 15 is 0 Å². The highest BCUT2D eigenvalue weighted by molar-refractivity contribution is 5.25. The molecule has 1 aliphatic heterocycles. The lowest BCUT2D eigenvalue weighted by atomic mass is 10.2. The van der Waals surface area contributed by atoms with Crippen LogP contribution in [0, 0.1) is 0 Å². The smallest absolute Gasteiger partial charge is 0.162 e. The molecule has 0 spiro atoms. The number of nitrogens with zero attached hydrogens (tertiary/aromatic N) is 2. The van der Waals surface area contributed by atoms with Crippen molar-refractivity contribution in [3.8, 4) is 5.75 Å². The number of aromatic nitrogens is 2. The minimum absolute atomic E-state index is 0.0683. The van der Waals surface area contributed by atoms with E-state index in [2.05, 4.69) is 9.97 Å². The zero-order valence-electron chi connectivity index (χ0n) is 9.51. The summed E-state index contributed by atoms with van der Waals surface area (Å²) in [4.78, 5) is 8.49. The van der Waals surface area contributed by atoms with Crippen LogP contribution in [0.5, 0.6) is 5.75 Å². The molecule has 0 amide bonds. The van der Waals surface area contributed by atoms with Crippen molar-refractivity contribution in [2.75, 3.05) is 13.2 Å². The third kappa shape index (κ3) is 2.31. The van der Waals surface area contributed by atoms with Crippen molar-refractivity contribution in [1.82, 2.24) is 9.97 Å². The highest BCUT2D eigenvalue weighted by Crippen LogP contribution is 2.21. The Morgan fingerprint density at radius 1 is 1.56 bits per heavy atom. The molecule has 0 aliphatic carbocycles. The van der Waals surface area contributed by atoms with Crippen LogP contribution in [0.25, 0.3) is 0 Å². The fourth-order valence-electron chi connectivity index (χ4n) is 1.37. The summed E-state index contributed by atoms with van der Waals surface area (Å²) < 4.78 is 10.6. The zero-order chi connectivity index (χ0) is 11.5. The van der Waals surface area contributed by atoms with E-state index in [0.29, 0.717) is 24.7 Å². The van der Waals surface area contributed by atoms with Crippen molar-refractivity contribution in [3.05, 3.63) is 17.7 Å². The van der Waals surface area contributed by atoms with Gasteiger partial charge in [-0.15, -0.1) is 0 Å². The average molecular weight is 224 g/mol. The van der Waals surface area contributed by atoms with Gasteiger partial charge in [-0.1, -0.05) is 13.8 Å². The standard InChI is InChI=1S/C11H16N2O3/c1-7(2)11-12-3-10(9(4-14)13-11)16-8-5-15-6-8/h3,7-8,14H,4-6H2,1-2H3. The third-order valence-electron chi connectivity index (χ3n) is 2.42. The molecule has 2 rings (SSSR count). The first-order chi connectivity index (χ1) is 7.70. The van der Waals surface area contributed by atoms with E-state index in [9.17, 15) is 5.11 Å². The first-order valence-corrected chi connectivity index (χ1v) is 5.41. The molecular formula is C11H16N2O3. The van der Waals surface area contributed by atoms with E-state index in [-0.39, 0.29) is 18.6 Å². The highest BCUT2D eigenvalue weighted by atomic mass is 16.6. The van der Waals surface area contributed by atoms with Crippen LogP contribution >= 0.6 is 0 Å². The minimum Gasteiger partial charge on any atom is -0.482 e. The second-order valence-corrected chi connectivity index (χ2v) is 4.13. The molecule has 0 radical (unpaired) electrons. The van der Waals surface area contributed by atoms with Gasteiger partial charge >= 0.3 is 0 Å². The maximum absolute atomic E-state index is 9.23. The Kier molecular flexibility index (Phi) is 3.36. The van der Waals surface area contributed by atoms with Gasteiger partial charge in [0.2, 0.25) is 0 Å².